The van der Waals surface area contributed by atoms with Crippen molar-refractivity contribution in [3.8, 4) is 0 Å². The number of carbonyl (C=O) groups excluding carboxylic acids is 1. The minimum Gasteiger partial charge on any atom is -0.358 e. The highest BCUT2D eigenvalue weighted by Crippen LogP contribution is 2.30. The molecule has 1 unspecified atom stereocenters. The highest BCUT2D eigenvalue weighted by molar-refractivity contribution is 6.30. The molecular weight excluding hydrogens is 322 g/mol. The standard InChI is InChI=1S/C19H18ClN3O/c1-11-2-7-17-15(8-11)16-9-14(10-18(16)23-17)22-19(24)21-13-5-3-12(20)4-6-13/h2-8,14,23H,9-10H2,1H3,(H2,21,22,24). The summed E-state index contributed by atoms with van der Waals surface area (Å²) in [5, 5.41) is 7.81. The first-order chi connectivity index (χ1) is 11.6. The summed E-state index contributed by atoms with van der Waals surface area (Å²) >= 11 is 5.85. The summed E-state index contributed by atoms with van der Waals surface area (Å²) in [4.78, 5) is 15.7. The van der Waals surface area contributed by atoms with Gasteiger partial charge in [-0.2, -0.15) is 0 Å². The third kappa shape index (κ3) is 2.85. The van der Waals surface area contributed by atoms with Gasteiger partial charge in [0.25, 0.3) is 0 Å². The van der Waals surface area contributed by atoms with E-state index in [1.807, 2.05) is 0 Å². The van der Waals surface area contributed by atoms with Gasteiger partial charge >= 0.3 is 6.03 Å². The molecule has 2 aromatic carbocycles. The summed E-state index contributed by atoms with van der Waals surface area (Å²) in [6.07, 6.45) is 1.68. The molecule has 1 atom stereocenters. The summed E-state index contributed by atoms with van der Waals surface area (Å²) in [6.45, 7) is 2.10. The van der Waals surface area contributed by atoms with Crippen LogP contribution < -0.4 is 10.6 Å². The second kappa shape index (κ2) is 5.87. The summed E-state index contributed by atoms with van der Waals surface area (Å²) in [6, 6.07) is 13.5. The number of aryl methyl sites for hydroxylation is 1. The largest absolute Gasteiger partial charge is 0.358 e. The zero-order valence-corrected chi connectivity index (χ0v) is 14.1. The van der Waals surface area contributed by atoms with E-state index in [1.165, 1.54) is 27.7 Å². The number of fused-ring (bicyclic) bond motifs is 3. The van der Waals surface area contributed by atoms with E-state index in [4.69, 9.17) is 11.6 Å². The zero-order chi connectivity index (χ0) is 16.7. The van der Waals surface area contributed by atoms with Crippen LogP contribution in [-0.4, -0.2) is 17.1 Å². The van der Waals surface area contributed by atoms with Gasteiger partial charge in [-0.25, -0.2) is 4.79 Å². The lowest BCUT2D eigenvalue weighted by Crippen LogP contribution is -2.38. The lowest BCUT2D eigenvalue weighted by atomic mass is 10.1. The molecule has 3 N–H and O–H groups in total. The van der Waals surface area contributed by atoms with Crippen LogP contribution in [0.4, 0.5) is 10.5 Å². The normalized spacial score (nSPS) is 16.2. The van der Waals surface area contributed by atoms with Crippen molar-refractivity contribution in [2.24, 2.45) is 0 Å². The lowest BCUT2D eigenvalue weighted by molar-refractivity contribution is 0.249. The number of aromatic amines is 1. The summed E-state index contributed by atoms with van der Waals surface area (Å²) < 4.78 is 0. The Morgan fingerprint density at radius 2 is 1.96 bits per heavy atom. The van der Waals surface area contributed by atoms with Crippen molar-refractivity contribution in [1.82, 2.24) is 10.3 Å². The number of benzene rings is 2. The van der Waals surface area contributed by atoms with E-state index < -0.39 is 0 Å². The number of rotatable bonds is 2. The van der Waals surface area contributed by atoms with Crippen LogP contribution in [0.2, 0.25) is 5.02 Å². The van der Waals surface area contributed by atoms with E-state index in [2.05, 4.69) is 40.7 Å². The van der Waals surface area contributed by atoms with Crippen molar-refractivity contribution >= 4 is 34.2 Å². The number of aromatic nitrogens is 1. The predicted octanol–water partition coefficient (Wildman–Crippen LogP) is 4.42. The average molecular weight is 340 g/mol. The van der Waals surface area contributed by atoms with E-state index >= 15 is 0 Å². The van der Waals surface area contributed by atoms with Gasteiger partial charge < -0.3 is 15.6 Å². The molecule has 0 spiro atoms. The minimum absolute atomic E-state index is 0.114. The monoisotopic (exact) mass is 339 g/mol. The highest BCUT2D eigenvalue weighted by atomic mass is 35.5. The molecule has 5 heteroatoms. The Labute approximate surface area is 145 Å². The molecule has 1 aromatic heterocycles. The van der Waals surface area contributed by atoms with Gasteiger partial charge in [0, 0.05) is 39.8 Å². The van der Waals surface area contributed by atoms with Gasteiger partial charge in [-0.3, -0.25) is 0 Å². The summed E-state index contributed by atoms with van der Waals surface area (Å²) in [5.74, 6) is 0. The molecule has 4 rings (SSSR count). The van der Waals surface area contributed by atoms with Crippen LogP contribution in [0, 0.1) is 6.92 Å². The topological polar surface area (TPSA) is 56.9 Å². The molecule has 0 aliphatic heterocycles. The molecule has 3 aromatic rings. The number of halogens is 1. The van der Waals surface area contributed by atoms with Crippen LogP contribution in [0.1, 0.15) is 16.8 Å². The fraction of sp³-hybridized carbons (Fsp3) is 0.211. The van der Waals surface area contributed by atoms with Gasteiger partial charge in [0.2, 0.25) is 0 Å². The first-order valence-corrected chi connectivity index (χ1v) is 8.39. The van der Waals surface area contributed by atoms with Gasteiger partial charge in [-0.15, -0.1) is 0 Å². The summed E-state index contributed by atoms with van der Waals surface area (Å²) in [5.41, 5.74) is 5.71. The number of carbonyl (C=O) groups is 1. The van der Waals surface area contributed by atoms with Crippen molar-refractivity contribution in [2.75, 3.05) is 5.32 Å². The van der Waals surface area contributed by atoms with Crippen LogP contribution in [0.3, 0.4) is 0 Å². The third-order valence-corrected chi connectivity index (χ3v) is 4.74. The smallest absolute Gasteiger partial charge is 0.319 e. The Morgan fingerprint density at radius 3 is 2.75 bits per heavy atom. The fourth-order valence-electron chi connectivity index (χ4n) is 3.38. The Hall–Kier alpha value is -2.46. The Kier molecular flexibility index (Phi) is 3.69. The van der Waals surface area contributed by atoms with Crippen LogP contribution in [-0.2, 0) is 12.8 Å². The number of anilines is 1. The Balaban J connectivity index is 1.44. The van der Waals surface area contributed by atoms with Gasteiger partial charge in [-0.1, -0.05) is 23.2 Å². The van der Waals surface area contributed by atoms with Crippen LogP contribution in [0.15, 0.2) is 42.5 Å². The molecule has 4 nitrogen and oxygen atoms in total. The molecule has 2 amide bonds. The maximum Gasteiger partial charge on any atom is 0.319 e. The number of hydrogen-bond donors (Lipinski definition) is 3. The first kappa shape index (κ1) is 15.1. The molecule has 1 aliphatic carbocycles. The van der Waals surface area contributed by atoms with Gasteiger partial charge in [0.1, 0.15) is 0 Å². The van der Waals surface area contributed by atoms with Crippen molar-refractivity contribution < 1.29 is 4.79 Å². The molecule has 1 heterocycles. The molecule has 0 saturated carbocycles. The minimum atomic E-state index is -0.187. The first-order valence-electron chi connectivity index (χ1n) is 8.01. The quantitative estimate of drug-likeness (QED) is 0.636. The van der Waals surface area contributed by atoms with Crippen molar-refractivity contribution in [1.29, 1.82) is 0 Å². The van der Waals surface area contributed by atoms with Crippen molar-refractivity contribution in [3.05, 3.63) is 64.3 Å². The van der Waals surface area contributed by atoms with Gasteiger partial charge in [0.15, 0.2) is 0 Å². The molecule has 0 bridgehead atoms. The third-order valence-electron chi connectivity index (χ3n) is 4.49. The number of hydrogen-bond acceptors (Lipinski definition) is 1. The Morgan fingerprint density at radius 1 is 1.17 bits per heavy atom. The van der Waals surface area contributed by atoms with Crippen molar-refractivity contribution in [2.45, 2.75) is 25.8 Å². The van der Waals surface area contributed by atoms with E-state index in [0.717, 1.165) is 18.5 Å². The van der Waals surface area contributed by atoms with Crippen molar-refractivity contribution in [3.63, 3.8) is 0 Å². The zero-order valence-electron chi connectivity index (χ0n) is 13.3. The molecule has 24 heavy (non-hydrogen) atoms. The van der Waals surface area contributed by atoms with E-state index in [9.17, 15) is 4.79 Å². The lowest BCUT2D eigenvalue weighted by Gasteiger charge is -2.13. The molecule has 1 aliphatic rings. The maximum atomic E-state index is 12.2. The number of urea groups is 1. The molecular formula is C19H18ClN3O. The van der Waals surface area contributed by atoms with E-state index in [-0.39, 0.29) is 12.1 Å². The molecule has 0 radical (unpaired) electrons. The highest BCUT2D eigenvalue weighted by Gasteiger charge is 2.26. The van der Waals surface area contributed by atoms with Crippen LogP contribution in [0.5, 0.6) is 0 Å². The second-order valence-electron chi connectivity index (χ2n) is 6.34. The van der Waals surface area contributed by atoms with Gasteiger partial charge in [-0.05, 0) is 55.3 Å². The van der Waals surface area contributed by atoms with E-state index in [1.54, 1.807) is 24.3 Å². The second-order valence-corrected chi connectivity index (χ2v) is 6.78. The summed E-state index contributed by atoms with van der Waals surface area (Å²) in [7, 11) is 0. The predicted molar refractivity (Wildman–Crippen MR) is 97.8 cm³/mol. The number of nitrogens with one attached hydrogen (secondary N) is 3. The molecule has 122 valence electrons. The Bertz CT molecular complexity index is 914. The average Bonchev–Trinajstić information content (AvgIpc) is 3.07. The number of amides is 2. The van der Waals surface area contributed by atoms with E-state index in [0.29, 0.717) is 5.02 Å². The SMILES string of the molecule is Cc1ccc2[nH]c3c(c2c1)CC(NC(=O)Nc1ccc(Cl)cc1)C3. The van der Waals surface area contributed by atoms with Crippen LogP contribution in [0.25, 0.3) is 10.9 Å². The van der Waals surface area contributed by atoms with Crippen LogP contribution >= 0.6 is 11.6 Å². The number of H-pyrrole nitrogens is 1. The molecule has 0 saturated heterocycles. The maximum absolute atomic E-state index is 12.2. The molecule has 0 fully saturated rings. The fourth-order valence-corrected chi connectivity index (χ4v) is 3.50. The van der Waals surface area contributed by atoms with Gasteiger partial charge in [0.05, 0.1) is 0 Å².